The zero-order valence-corrected chi connectivity index (χ0v) is 15.8. The Bertz CT molecular complexity index is 959. The van der Waals surface area contributed by atoms with Gasteiger partial charge in [-0.2, -0.15) is 0 Å². The Morgan fingerprint density at radius 1 is 1.00 bits per heavy atom. The highest BCUT2D eigenvalue weighted by Crippen LogP contribution is 2.32. The summed E-state index contributed by atoms with van der Waals surface area (Å²) in [6, 6.07) is 12.3. The second-order valence-electron chi connectivity index (χ2n) is 6.88. The SMILES string of the molecule is O=C(NCc1ccc2c(c1)OCO2)C(=O)Nc1cccc(N2CCCCC2=O)c1. The van der Waals surface area contributed by atoms with Gasteiger partial charge in [-0.25, -0.2) is 0 Å². The Kier molecular flexibility index (Phi) is 5.33. The van der Waals surface area contributed by atoms with E-state index in [0.717, 1.165) is 18.4 Å². The van der Waals surface area contributed by atoms with E-state index < -0.39 is 11.8 Å². The van der Waals surface area contributed by atoms with Gasteiger partial charge in [0.15, 0.2) is 11.5 Å². The van der Waals surface area contributed by atoms with Crippen molar-refractivity contribution >= 4 is 29.1 Å². The lowest BCUT2D eigenvalue weighted by atomic mass is 10.1. The highest BCUT2D eigenvalue weighted by Gasteiger charge is 2.20. The minimum Gasteiger partial charge on any atom is -0.454 e. The number of nitrogens with zero attached hydrogens (tertiary/aromatic N) is 1. The fourth-order valence-electron chi connectivity index (χ4n) is 3.33. The summed E-state index contributed by atoms with van der Waals surface area (Å²) in [5.74, 6) is -0.175. The van der Waals surface area contributed by atoms with E-state index in [-0.39, 0.29) is 19.2 Å². The molecule has 0 atom stereocenters. The Hall–Kier alpha value is -3.55. The standard InChI is InChI=1S/C21H21N3O5/c25-19-6-1-2-9-24(19)16-5-3-4-15(11-16)23-21(27)20(26)22-12-14-7-8-17-18(10-14)29-13-28-17/h3-5,7-8,10-11H,1-2,6,9,12-13H2,(H,22,26)(H,23,27). The molecule has 1 saturated heterocycles. The molecule has 150 valence electrons. The van der Waals surface area contributed by atoms with Crippen molar-refractivity contribution in [3.8, 4) is 11.5 Å². The number of hydrogen-bond acceptors (Lipinski definition) is 5. The van der Waals surface area contributed by atoms with Crippen LogP contribution >= 0.6 is 0 Å². The lowest BCUT2D eigenvalue weighted by Crippen LogP contribution is -2.36. The number of hydrogen-bond donors (Lipinski definition) is 2. The van der Waals surface area contributed by atoms with Gasteiger partial charge in [-0.1, -0.05) is 12.1 Å². The summed E-state index contributed by atoms with van der Waals surface area (Å²) in [5.41, 5.74) is 1.97. The average Bonchev–Trinajstić information content (AvgIpc) is 3.20. The molecule has 0 aromatic heterocycles. The molecule has 4 rings (SSSR count). The highest BCUT2D eigenvalue weighted by molar-refractivity contribution is 6.39. The minimum absolute atomic E-state index is 0.0706. The molecule has 3 amide bonds. The fourth-order valence-corrected chi connectivity index (χ4v) is 3.33. The Balaban J connectivity index is 1.34. The largest absolute Gasteiger partial charge is 0.454 e. The lowest BCUT2D eigenvalue weighted by molar-refractivity contribution is -0.136. The molecule has 29 heavy (non-hydrogen) atoms. The van der Waals surface area contributed by atoms with Gasteiger partial charge in [0.05, 0.1) is 0 Å². The van der Waals surface area contributed by atoms with Crippen molar-refractivity contribution in [1.82, 2.24) is 5.32 Å². The van der Waals surface area contributed by atoms with Crippen LogP contribution in [-0.4, -0.2) is 31.1 Å². The summed E-state index contributed by atoms with van der Waals surface area (Å²) in [6.45, 7) is 1.02. The number of amides is 3. The zero-order valence-electron chi connectivity index (χ0n) is 15.8. The van der Waals surface area contributed by atoms with Gasteiger partial charge in [-0.05, 0) is 48.7 Å². The smallest absolute Gasteiger partial charge is 0.313 e. The van der Waals surface area contributed by atoms with Crippen molar-refractivity contribution in [2.45, 2.75) is 25.8 Å². The molecule has 2 aliphatic heterocycles. The summed E-state index contributed by atoms with van der Waals surface area (Å²) in [7, 11) is 0. The maximum atomic E-state index is 12.2. The van der Waals surface area contributed by atoms with Crippen LogP contribution in [0.5, 0.6) is 11.5 Å². The predicted octanol–water partition coefficient (Wildman–Crippen LogP) is 2.19. The van der Waals surface area contributed by atoms with Crippen molar-refractivity contribution in [2.75, 3.05) is 23.6 Å². The normalized spacial score (nSPS) is 15.2. The molecule has 0 spiro atoms. The van der Waals surface area contributed by atoms with Crippen LogP contribution in [0.3, 0.4) is 0 Å². The molecule has 0 unspecified atom stereocenters. The zero-order chi connectivity index (χ0) is 20.2. The quantitative estimate of drug-likeness (QED) is 0.774. The van der Waals surface area contributed by atoms with Crippen LogP contribution in [0, 0.1) is 0 Å². The number of nitrogens with one attached hydrogen (secondary N) is 2. The van der Waals surface area contributed by atoms with Crippen LogP contribution in [0.15, 0.2) is 42.5 Å². The van der Waals surface area contributed by atoms with Crippen molar-refractivity contribution in [1.29, 1.82) is 0 Å². The monoisotopic (exact) mass is 395 g/mol. The topological polar surface area (TPSA) is 97.0 Å². The van der Waals surface area contributed by atoms with Crippen molar-refractivity contribution < 1.29 is 23.9 Å². The number of piperidine rings is 1. The molecule has 8 heteroatoms. The number of ether oxygens (including phenoxy) is 2. The van der Waals surface area contributed by atoms with E-state index in [1.807, 2.05) is 6.07 Å². The van der Waals surface area contributed by atoms with E-state index in [1.54, 1.807) is 41.3 Å². The highest BCUT2D eigenvalue weighted by atomic mass is 16.7. The van der Waals surface area contributed by atoms with Gasteiger partial charge >= 0.3 is 11.8 Å². The summed E-state index contributed by atoms with van der Waals surface area (Å²) >= 11 is 0. The third-order valence-corrected chi connectivity index (χ3v) is 4.84. The molecule has 2 aromatic carbocycles. The van der Waals surface area contributed by atoms with Gasteiger partial charge in [-0.3, -0.25) is 14.4 Å². The summed E-state index contributed by atoms with van der Waals surface area (Å²) in [5, 5.41) is 5.16. The number of carbonyl (C=O) groups excluding carboxylic acids is 3. The molecule has 1 fully saturated rings. The van der Waals surface area contributed by atoms with Crippen LogP contribution in [0.1, 0.15) is 24.8 Å². The summed E-state index contributed by atoms with van der Waals surface area (Å²) < 4.78 is 10.5. The first-order valence-corrected chi connectivity index (χ1v) is 9.48. The Morgan fingerprint density at radius 3 is 2.72 bits per heavy atom. The molecule has 2 aliphatic rings. The van der Waals surface area contributed by atoms with Gasteiger partial charge in [0, 0.05) is 30.9 Å². The van der Waals surface area contributed by atoms with Gasteiger partial charge in [0.2, 0.25) is 12.7 Å². The first-order chi connectivity index (χ1) is 14.1. The third-order valence-electron chi connectivity index (χ3n) is 4.84. The maximum Gasteiger partial charge on any atom is 0.313 e. The molecule has 2 heterocycles. The van der Waals surface area contributed by atoms with Gasteiger partial charge in [-0.15, -0.1) is 0 Å². The van der Waals surface area contributed by atoms with E-state index >= 15 is 0 Å². The van der Waals surface area contributed by atoms with Crippen molar-refractivity contribution in [3.63, 3.8) is 0 Å². The summed E-state index contributed by atoms with van der Waals surface area (Å²) in [6.07, 6.45) is 2.37. The van der Waals surface area contributed by atoms with Crippen LogP contribution < -0.4 is 25.0 Å². The maximum absolute atomic E-state index is 12.2. The molecule has 0 radical (unpaired) electrons. The second-order valence-corrected chi connectivity index (χ2v) is 6.88. The molecule has 0 aliphatic carbocycles. The number of rotatable bonds is 4. The third kappa shape index (κ3) is 4.31. The van der Waals surface area contributed by atoms with E-state index in [4.69, 9.17) is 9.47 Å². The van der Waals surface area contributed by atoms with Gasteiger partial charge in [0.25, 0.3) is 0 Å². The van der Waals surface area contributed by atoms with Gasteiger partial charge < -0.3 is 25.0 Å². The van der Waals surface area contributed by atoms with E-state index in [9.17, 15) is 14.4 Å². The van der Waals surface area contributed by atoms with Gasteiger partial charge in [0.1, 0.15) is 0 Å². The van der Waals surface area contributed by atoms with Crippen molar-refractivity contribution in [2.24, 2.45) is 0 Å². The van der Waals surface area contributed by atoms with E-state index in [2.05, 4.69) is 10.6 Å². The molecule has 0 bridgehead atoms. The Morgan fingerprint density at radius 2 is 1.86 bits per heavy atom. The van der Waals surface area contributed by atoms with Crippen LogP contribution in [0.2, 0.25) is 0 Å². The van der Waals surface area contributed by atoms with Crippen LogP contribution in [0.4, 0.5) is 11.4 Å². The minimum atomic E-state index is -0.770. The summed E-state index contributed by atoms with van der Waals surface area (Å²) in [4.78, 5) is 38.2. The molecular weight excluding hydrogens is 374 g/mol. The first kappa shape index (κ1) is 18.8. The number of benzene rings is 2. The first-order valence-electron chi connectivity index (χ1n) is 9.48. The van der Waals surface area contributed by atoms with Crippen LogP contribution in [-0.2, 0) is 20.9 Å². The number of fused-ring (bicyclic) bond motifs is 1. The molecular formula is C21H21N3O5. The van der Waals surface area contributed by atoms with Crippen LogP contribution in [0.25, 0.3) is 0 Å². The molecule has 8 nitrogen and oxygen atoms in total. The predicted molar refractivity (Wildman–Crippen MR) is 106 cm³/mol. The average molecular weight is 395 g/mol. The lowest BCUT2D eigenvalue weighted by Gasteiger charge is -2.27. The van der Waals surface area contributed by atoms with Crippen molar-refractivity contribution in [3.05, 3.63) is 48.0 Å². The molecule has 2 aromatic rings. The number of anilines is 2. The van der Waals surface area contributed by atoms with E-state index in [1.165, 1.54) is 0 Å². The Labute approximate surface area is 167 Å². The fraction of sp³-hybridized carbons (Fsp3) is 0.286. The number of carbonyl (C=O) groups is 3. The molecule has 0 saturated carbocycles. The second kappa shape index (κ2) is 8.22. The molecule has 2 N–H and O–H groups in total. The van der Waals surface area contributed by atoms with E-state index in [0.29, 0.717) is 35.8 Å².